The van der Waals surface area contributed by atoms with Crippen LogP contribution in [0.5, 0.6) is 5.75 Å². The molecule has 2 aromatic carbocycles. The minimum atomic E-state index is -0.0604. The van der Waals surface area contributed by atoms with Gasteiger partial charge >= 0.3 is 0 Å². The molecular weight excluding hydrogens is 368 g/mol. The molecule has 4 rings (SSSR count). The lowest BCUT2D eigenvalue weighted by molar-refractivity contribution is 0.217. The van der Waals surface area contributed by atoms with E-state index in [2.05, 4.69) is 11.9 Å². The molecule has 26 heavy (non-hydrogen) atoms. The van der Waals surface area contributed by atoms with Crippen LogP contribution in [0.4, 0.5) is 0 Å². The summed E-state index contributed by atoms with van der Waals surface area (Å²) in [5.74, 6) is 0.660. The predicted octanol–water partition coefficient (Wildman–Crippen LogP) is 4.29. The zero-order valence-electron chi connectivity index (χ0n) is 14.4. The zero-order chi connectivity index (χ0) is 18.3. The Morgan fingerprint density at radius 1 is 1.31 bits per heavy atom. The van der Waals surface area contributed by atoms with Gasteiger partial charge in [-0.25, -0.2) is 9.38 Å². The molecule has 0 saturated heterocycles. The first-order valence-electron chi connectivity index (χ1n) is 8.44. The number of aromatic nitrogens is 2. The fraction of sp³-hybridized carbons (Fsp3) is 0.200. The van der Waals surface area contributed by atoms with Gasteiger partial charge < -0.3 is 4.74 Å². The summed E-state index contributed by atoms with van der Waals surface area (Å²) < 4.78 is 8.08. The molecule has 0 saturated carbocycles. The molecule has 0 aliphatic heterocycles. The van der Waals surface area contributed by atoms with E-state index >= 15 is 0 Å². The summed E-state index contributed by atoms with van der Waals surface area (Å²) >= 11 is 7.71. The van der Waals surface area contributed by atoms with Crippen LogP contribution in [0.3, 0.4) is 0 Å². The number of ether oxygens (including phenoxy) is 1. The van der Waals surface area contributed by atoms with E-state index in [1.54, 1.807) is 4.40 Å². The molecule has 0 radical (unpaired) electrons. The van der Waals surface area contributed by atoms with E-state index in [1.807, 2.05) is 55.5 Å². The first-order chi connectivity index (χ1) is 12.6. The SMILES string of the molecule is CC[C@H](C)Oc1ccc(/C=c2\sc3nc4ccccc4n3c2=O)cc1Cl. The largest absolute Gasteiger partial charge is 0.489 e. The fourth-order valence-electron chi connectivity index (χ4n) is 2.77. The van der Waals surface area contributed by atoms with Crippen molar-refractivity contribution in [3.63, 3.8) is 0 Å². The molecular formula is C20H17ClN2O2S. The Balaban J connectivity index is 1.78. The Labute approximate surface area is 159 Å². The molecule has 132 valence electrons. The van der Waals surface area contributed by atoms with Gasteiger partial charge in [-0.05, 0) is 49.2 Å². The number of rotatable bonds is 4. The molecule has 0 aliphatic carbocycles. The number of benzene rings is 2. The number of thiazole rings is 1. The molecule has 4 aromatic rings. The number of imidazole rings is 1. The molecule has 0 bridgehead atoms. The van der Waals surface area contributed by atoms with Gasteiger partial charge in [0.15, 0.2) is 4.96 Å². The molecule has 2 aromatic heterocycles. The van der Waals surface area contributed by atoms with Crippen molar-refractivity contribution < 1.29 is 4.74 Å². The van der Waals surface area contributed by atoms with Gasteiger partial charge in [0.1, 0.15) is 5.75 Å². The van der Waals surface area contributed by atoms with Crippen LogP contribution >= 0.6 is 22.9 Å². The van der Waals surface area contributed by atoms with Crippen molar-refractivity contribution in [2.24, 2.45) is 0 Å². The van der Waals surface area contributed by atoms with Gasteiger partial charge in [0.05, 0.1) is 26.7 Å². The maximum atomic E-state index is 12.8. The van der Waals surface area contributed by atoms with Crippen molar-refractivity contribution in [3.8, 4) is 5.75 Å². The minimum absolute atomic E-state index is 0.0604. The summed E-state index contributed by atoms with van der Waals surface area (Å²) in [6.45, 7) is 4.07. The minimum Gasteiger partial charge on any atom is -0.489 e. The zero-order valence-corrected chi connectivity index (χ0v) is 16.0. The number of hydrogen-bond donors (Lipinski definition) is 0. The third kappa shape index (κ3) is 2.97. The highest BCUT2D eigenvalue weighted by molar-refractivity contribution is 7.15. The van der Waals surface area contributed by atoms with Crippen LogP contribution in [0.15, 0.2) is 47.3 Å². The highest BCUT2D eigenvalue weighted by Gasteiger charge is 2.11. The van der Waals surface area contributed by atoms with E-state index in [-0.39, 0.29) is 11.7 Å². The number of hydrogen-bond acceptors (Lipinski definition) is 4. The van der Waals surface area contributed by atoms with E-state index in [0.29, 0.717) is 20.3 Å². The lowest BCUT2D eigenvalue weighted by Gasteiger charge is -2.13. The maximum absolute atomic E-state index is 12.8. The third-order valence-corrected chi connectivity index (χ3v) is 5.57. The van der Waals surface area contributed by atoms with Crippen molar-refractivity contribution in [2.75, 3.05) is 0 Å². The van der Waals surface area contributed by atoms with Crippen molar-refractivity contribution >= 4 is 45.0 Å². The summed E-state index contributed by atoms with van der Waals surface area (Å²) in [7, 11) is 0. The van der Waals surface area contributed by atoms with Crippen LogP contribution in [0.2, 0.25) is 5.02 Å². The Bertz CT molecular complexity index is 1210. The third-order valence-electron chi connectivity index (χ3n) is 4.30. The van der Waals surface area contributed by atoms with Gasteiger partial charge in [0.2, 0.25) is 0 Å². The van der Waals surface area contributed by atoms with Crippen LogP contribution in [0.1, 0.15) is 25.8 Å². The first kappa shape index (κ1) is 17.1. The average molecular weight is 385 g/mol. The number of halogens is 1. The number of fused-ring (bicyclic) bond motifs is 3. The summed E-state index contributed by atoms with van der Waals surface area (Å²) in [4.78, 5) is 18.0. The Hall–Kier alpha value is -2.37. The van der Waals surface area contributed by atoms with Crippen LogP contribution in [-0.2, 0) is 0 Å². The molecule has 0 spiro atoms. The Kier molecular flexibility index (Phi) is 4.42. The molecule has 2 heterocycles. The average Bonchev–Trinajstić information content (AvgIpc) is 3.14. The second-order valence-corrected chi connectivity index (χ2v) is 7.58. The summed E-state index contributed by atoms with van der Waals surface area (Å²) in [5, 5.41) is 0.540. The van der Waals surface area contributed by atoms with Gasteiger partial charge in [-0.15, -0.1) is 0 Å². The van der Waals surface area contributed by atoms with Gasteiger partial charge in [-0.2, -0.15) is 0 Å². The topological polar surface area (TPSA) is 43.6 Å². The fourth-order valence-corrected chi connectivity index (χ4v) is 3.99. The lowest BCUT2D eigenvalue weighted by atomic mass is 10.2. The molecule has 1 atom stereocenters. The van der Waals surface area contributed by atoms with Crippen LogP contribution < -0.4 is 14.8 Å². The molecule has 4 nitrogen and oxygen atoms in total. The van der Waals surface area contributed by atoms with Crippen molar-refractivity contribution in [3.05, 3.63) is 67.9 Å². The number of para-hydroxylation sites is 2. The Morgan fingerprint density at radius 3 is 2.88 bits per heavy atom. The second kappa shape index (κ2) is 6.74. The van der Waals surface area contributed by atoms with Gasteiger partial charge in [-0.3, -0.25) is 4.79 Å². The van der Waals surface area contributed by atoms with E-state index in [0.717, 1.165) is 23.0 Å². The van der Waals surface area contributed by atoms with Crippen molar-refractivity contribution in [1.82, 2.24) is 9.38 Å². The maximum Gasteiger partial charge on any atom is 0.274 e. The van der Waals surface area contributed by atoms with E-state index in [9.17, 15) is 4.79 Å². The van der Waals surface area contributed by atoms with Crippen molar-refractivity contribution in [1.29, 1.82) is 0 Å². The molecule has 0 fully saturated rings. The van der Waals surface area contributed by atoms with E-state index < -0.39 is 0 Å². The monoisotopic (exact) mass is 384 g/mol. The molecule has 0 N–H and O–H groups in total. The smallest absolute Gasteiger partial charge is 0.274 e. The standard InChI is InChI=1S/C20H17ClN2O2S/c1-3-12(2)25-17-9-8-13(10-14(17)21)11-18-19(24)23-16-7-5-4-6-15(16)22-20(23)26-18/h4-12H,3H2,1-2H3/b18-11-/t12-/m0/s1. The summed E-state index contributed by atoms with van der Waals surface area (Å²) in [6.07, 6.45) is 2.86. The lowest BCUT2D eigenvalue weighted by Crippen LogP contribution is -2.22. The number of nitrogens with zero attached hydrogens (tertiary/aromatic N) is 2. The van der Waals surface area contributed by atoms with Crippen LogP contribution in [-0.4, -0.2) is 15.5 Å². The Morgan fingerprint density at radius 2 is 2.12 bits per heavy atom. The molecule has 6 heteroatoms. The van der Waals surface area contributed by atoms with E-state index in [1.165, 1.54) is 11.3 Å². The van der Waals surface area contributed by atoms with Crippen LogP contribution in [0.25, 0.3) is 22.1 Å². The highest BCUT2D eigenvalue weighted by atomic mass is 35.5. The van der Waals surface area contributed by atoms with E-state index in [4.69, 9.17) is 16.3 Å². The van der Waals surface area contributed by atoms with Gasteiger partial charge in [-0.1, -0.05) is 48.1 Å². The molecule has 0 amide bonds. The quantitative estimate of drug-likeness (QED) is 0.527. The molecule has 0 unspecified atom stereocenters. The summed E-state index contributed by atoms with van der Waals surface area (Å²) in [5.41, 5.74) is 2.46. The normalized spacial score (nSPS) is 13.6. The second-order valence-electron chi connectivity index (χ2n) is 6.16. The predicted molar refractivity (Wildman–Crippen MR) is 107 cm³/mol. The van der Waals surface area contributed by atoms with Crippen LogP contribution in [0, 0.1) is 0 Å². The van der Waals surface area contributed by atoms with Gasteiger partial charge in [0, 0.05) is 0 Å². The summed E-state index contributed by atoms with van der Waals surface area (Å²) in [6, 6.07) is 13.2. The van der Waals surface area contributed by atoms with Gasteiger partial charge in [0.25, 0.3) is 5.56 Å². The highest BCUT2D eigenvalue weighted by Crippen LogP contribution is 2.27. The first-order valence-corrected chi connectivity index (χ1v) is 9.64. The molecule has 0 aliphatic rings. The van der Waals surface area contributed by atoms with Crippen molar-refractivity contribution in [2.45, 2.75) is 26.4 Å².